The van der Waals surface area contributed by atoms with Crippen LogP contribution in [0.1, 0.15) is 45.7 Å². The molecule has 0 spiro atoms. The van der Waals surface area contributed by atoms with Gasteiger partial charge in [-0.15, -0.1) is 0 Å². The molecular formula is C18H24N4O6. The lowest BCUT2D eigenvalue weighted by molar-refractivity contribution is -0.390. The van der Waals surface area contributed by atoms with Gasteiger partial charge in [0.15, 0.2) is 0 Å². The van der Waals surface area contributed by atoms with E-state index in [4.69, 9.17) is 9.47 Å². The number of rotatable bonds is 7. The van der Waals surface area contributed by atoms with Gasteiger partial charge in [0, 0.05) is 18.4 Å². The van der Waals surface area contributed by atoms with Gasteiger partial charge in [0.2, 0.25) is 6.33 Å². The van der Waals surface area contributed by atoms with Crippen LogP contribution in [0.5, 0.6) is 0 Å². The van der Waals surface area contributed by atoms with Gasteiger partial charge in [0.1, 0.15) is 5.69 Å². The van der Waals surface area contributed by atoms with Crippen LogP contribution in [-0.2, 0) is 26.1 Å². The molecule has 1 aliphatic heterocycles. The Morgan fingerprint density at radius 2 is 1.79 bits per heavy atom. The van der Waals surface area contributed by atoms with Crippen molar-refractivity contribution in [2.45, 2.75) is 40.0 Å². The van der Waals surface area contributed by atoms with E-state index in [0.29, 0.717) is 17.8 Å². The van der Waals surface area contributed by atoms with Crippen LogP contribution in [0.25, 0.3) is 0 Å². The van der Waals surface area contributed by atoms with Crippen molar-refractivity contribution in [1.29, 1.82) is 0 Å². The Balaban J connectivity index is 2.73. The van der Waals surface area contributed by atoms with E-state index in [-0.39, 0.29) is 30.1 Å². The van der Waals surface area contributed by atoms with Gasteiger partial charge < -0.3 is 29.5 Å². The SMILES string of the molecule is CCCOC(=O)C1=C(C)NC(C)=C(C(=O)OCC)C1c1c([N+](=O)[O-])ncn1C. The fourth-order valence-corrected chi connectivity index (χ4v) is 3.19. The number of aromatic nitrogens is 2. The molecule has 1 aliphatic rings. The van der Waals surface area contributed by atoms with E-state index >= 15 is 0 Å². The normalized spacial score (nSPS) is 16.7. The molecule has 10 heteroatoms. The second-order valence-electron chi connectivity index (χ2n) is 6.31. The number of nitrogens with one attached hydrogen (secondary N) is 1. The van der Waals surface area contributed by atoms with Crippen LogP contribution in [-0.4, -0.2) is 39.6 Å². The Bertz CT molecular complexity index is 867. The molecular weight excluding hydrogens is 368 g/mol. The monoisotopic (exact) mass is 392 g/mol. The molecule has 1 aromatic rings. The zero-order valence-corrected chi connectivity index (χ0v) is 16.6. The van der Waals surface area contributed by atoms with Gasteiger partial charge in [-0.2, -0.15) is 0 Å². The van der Waals surface area contributed by atoms with E-state index < -0.39 is 28.6 Å². The molecule has 2 rings (SSSR count). The number of allylic oxidation sites excluding steroid dienone is 2. The molecule has 0 aromatic carbocycles. The summed E-state index contributed by atoms with van der Waals surface area (Å²) in [5.74, 6) is -2.79. The number of nitrogens with zero attached hydrogens (tertiary/aromatic N) is 3. The zero-order chi connectivity index (χ0) is 21.0. The third-order valence-electron chi connectivity index (χ3n) is 4.32. The Hall–Kier alpha value is -3.17. The Morgan fingerprint density at radius 1 is 1.21 bits per heavy atom. The maximum absolute atomic E-state index is 12.8. The first-order chi connectivity index (χ1) is 13.2. The number of hydrogen-bond donors (Lipinski definition) is 1. The molecule has 152 valence electrons. The number of ether oxygens (including phenoxy) is 2. The van der Waals surface area contributed by atoms with Crippen LogP contribution >= 0.6 is 0 Å². The van der Waals surface area contributed by atoms with Crippen molar-refractivity contribution in [1.82, 2.24) is 14.9 Å². The molecule has 28 heavy (non-hydrogen) atoms. The van der Waals surface area contributed by atoms with Crippen LogP contribution < -0.4 is 5.32 Å². The van der Waals surface area contributed by atoms with Gasteiger partial charge in [-0.25, -0.2) is 9.59 Å². The van der Waals surface area contributed by atoms with E-state index in [9.17, 15) is 19.7 Å². The predicted molar refractivity (Wildman–Crippen MR) is 99.0 cm³/mol. The number of aryl methyl sites for hydroxylation is 1. The molecule has 1 N–H and O–H groups in total. The lowest BCUT2D eigenvalue weighted by Gasteiger charge is -2.29. The van der Waals surface area contributed by atoms with Gasteiger partial charge in [0.25, 0.3) is 0 Å². The molecule has 0 saturated carbocycles. The molecule has 1 unspecified atom stereocenters. The molecule has 0 bridgehead atoms. The number of imidazole rings is 1. The quantitative estimate of drug-likeness (QED) is 0.425. The molecule has 1 aromatic heterocycles. The van der Waals surface area contributed by atoms with Gasteiger partial charge in [-0.05, 0) is 37.1 Å². The van der Waals surface area contributed by atoms with E-state index in [2.05, 4.69) is 10.3 Å². The summed E-state index contributed by atoms with van der Waals surface area (Å²) in [7, 11) is 1.57. The summed E-state index contributed by atoms with van der Waals surface area (Å²) < 4.78 is 11.9. The van der Waals surface area contributed by atoms with E-state index in [1.54, 1.807) is 27.8 Å². The standard InChI is InChI=1S/C18H24N4O6/c1-6-8-28-18(24)13-11(4)20-10(3)12(17(23)27-7-2)14(13)15-16(22(25)26)19-9-21(15)5/h9,14,20H,6-8H2,1-5H3. The van der Waals surface area contributed by atoms with Crippen LogP contribution in [0.3, 0.4) is 0 Å². The van der Waals surface area contributed by atoms with Gasteiger partial charge in [0.05, 0.1) is 30.3 Å². The van der Waals surface area contributed by atoms with Gasteiger partial charge in [-0.3, -0.25) is 0 Å². The van der Waals surface area contributed by atoms with Crippen LogP contribution in [0.4, 0.5) is 5.82 Å². The molecule has 1 atom stereocenters. The molecule has 0 amide bonds. The summed E-state index contributed by atoms with van der Waals surface area (Å²) in [6, 6.07) is 0. The number of carbonyl (C=O) groups excluding carboxylic acids is 2. The van der Waals surface area contributed by atoms with Crippen LogP contribution in [0, 0.1) is 10.1 Å². The number of hydrogen-bond acceptors (Lipinski definition) is 8. The maximum Gasteiger partial charge on any atom is 0.385 e. The van der Waals surface area contributed by atoms with Crippen LogP contribution in [0.2, 0.25) is 0 Å². The minimum absolute atomic E-state index is 0.108. The Kier molecular flexibility index (Phi) is 6.55. The fourth-order valence-electron chi connectivity index (χ4n) is 3.19. The summed E-state index contributed by atoms with van der Waals surface area (Å²) >= 11 is 0. The van der Waals surface area contributed by atoms with Crippen molar-refractivity contribution < 1.29 is 24.0 Å². The number of esters is 2. The summed E-state index contributed by atoms with van der Waals surface area (Å²) in [5, 5.41) is 14.5. The third-order valence-corrected chi connectivity index (χ3v) is 4.32. The molecule has 0 radical (unpaired) electrons. The zero-order valence-electron chi connectivity index (χ0n) is 16.6. The average Bonchev–Trinajstić information content (AvgIpc) is 3.00. The smallest absolute Gasteiger partial charge is 0.385 e. The van der Waals surface area contributed by atoms with Gasteiger partial charge in [-0.1, -0.05) is 6.92 Å². The minimum Gasteiger partial charge on any atom is -0.463 e. The highest BCUT2D eigenvalue weighted by Crippen LogP contribution is 2.42. The average molecular weight is 392 g/mol. The van der Waals surface area contributed by atoms with Crippen molar-refractivity contribution in [2.24, 2.45) is 7.05 Å². The first kappa shape index (κ1) is 21.1. The van der Waals surface area contributed by atoms with Gasteiger partial charge >= 0.3 is 17.8 Å². The first-order valence-electron chi connectivity index (χ1n) is 8.92. The van der Waals surface area contributed by atoms with Crippen molar-refractivity contribution in [3.8, 4) is 0 Å². The van der Waals surface area contributed by atoms with Crippen molar-refractivity contribution >= 4 is 17.8 Å². The minimum atomic E-state index is -1.04. The second-order valence-corrected chi connectivity index (χ2v) is 6.31. The lowest BCUT2D eigenvalue weighted by atomic mass is 9.82. The third kappa shape index (κ3) is 3.90. The molecule has 0 saturated heterocycles. The van der Waals surface area contributed by atoms with E-state index in [0.717, 1.165) is 0 Å². The number of carbonyl (C=O) groups is 2. The molecule has 2 heterocycles. The van der Waals surface area contributed by atoms with Crippen molar-refractivity contribution in [3.63, 3.8) is 0 Å². The van der Waals surface area contributed by atoms with Crippen molar-refractivity contribution in [3.05, 3.63) is 44.7 Å². The highest BCUT2D eigenvalue weighted by molar-refractivity contribution is 6.00. The van der Waals surface area contributed by atoms with Crippen LogP contribution in [0.15, 0.2) is 28.9 Å². The Labute approximate surface area is 162 Å². The summed E-state index contributed by atoms with van der Waals surface area (Å²) in [5.41, 5.74) is 1.24. The lowest BCUT2D eigenvalue weighted by Crippen LogP contribution is -2.33. The molecule has 0 aliphatic carbocycles. The molecule has 10 nitrogen and oxygen atoms in total. The Morgan fingerprint density at radius 3 is 2.29 bits per heavy atom. The fraction of sp³-hybridized carbons (Fsp3) is 0.500. The largest absolute Gasteiger partial charge is 0.463 e. The topological polar surface area (TPSA) is 126 Å². The maximum atomic E-state index is 12.8. The molecule has 0 fully saturated rings. The van der Waals surface area contributed by atoms with E-state index in [1.807, 2.05) is 6.92 Å². The summed E-state index contributed by atoms with van der Waals surface area (Å²) in [4.78, 5) is 40.2. The number of dihydropyridines is 1. The summed E-state index contributed by atoms with van der Waals surface area (Å²) in [6.45, 7) is 7.12. The second kappa shape index (κ2) is 8.68. The highest BCUT2D eigenvalue weighted by atomic mass is 16.6. The highest BCUT2D eigenvalue weighted by Gasteiger charge is 2.43. The number of nitro groups is 1. The summed E-state index contributed by atoms with van der Waals surface area (Å²) in [6.07, 6.45) is 1.89. The predicted octanol–water partition coefficient (Wildman–Crippen LogP) is 2.08. The van der Waals surface area contributed by atoms with Crippen molar-refractivity contribution in [2.75, 3.05) is 13.2 Å². The van der Waals surface area contributed by atoms with E-state index in [1.165, 1.54) is 10.9 Å². The first-order valence-corrected chi connectivity index (χ1v) is 8.92.